The first-order valence-electron chi connectivity index (χ1n) is 11.1. The molecule has 2 aromatic heterocycles. The van der Waals surface area contributed by atoms with E-state index < -0.39 is 0 Å². The fourth-order valence-corrected chi connectivity index (χ4v) is 4.70. The highest BCUT2D eigenvalue weighted by molar-refractivity contribution is 5.90. The summed E-state index contributed by atoms with van der Waals surface area (Å²) in [5, 5.41) is 13.5. The first kappa shape index (κ1) is 20.9. The number of aryl methyl sites for hydroxylation is 2. The van der Waals surface area contributed by atoms with E-state index in [1.54, 1.807) is 6.33 Å². The van der Waals surface area contributed by atoms with E-state index in [0.717, 1.165) is 63.3 Å². The van der Waals surface area contributed by atoms with Crippen molar-refractivity contribution in [3.63, 3.8) is 0 Å². The van der Waals surface area contributed by atoms with Crippen LogP contribution in [0.4, 0.5) is 10.2 Å². The Kier molecular flexibility index (Phi) is 5.39. The number of anilines is 1. The van der Waals surface area contributed by atoms with E-state index in [4.69, 9.17) is 5.26 Å². The number of nitriles is 1. The standard InChI is InChI=1S/C27H24FN5/c1-16-6-7-23(28)26-25(16)21(17(2)33-26)9-11-30-27-22-13-20(14-24(22)31-15-32-27)19-5-3-4-18(12-19)8-10-29/h3-7,12,14-15,33H,8-9,11,13H2,1-2H3,(H,30,31,32). The lowest BCUT2D eigenvalue weighted by atomic mass is 10.0. The van der Waals surface area contributed by atoms with E-state index in [1.165, 1.54) is 11.6 Å². The average Bonchev–Trinajstić information content (AvgIpc) is 3.40. The van der Waals surface area contributed by atoms with Crippen molar-refractivity contribution in [1.82, 2.24) is 15.0 Å². The van der Waals surface area contributed by atoms with Gasteiger partial charge in [-0.2, -0.15) is 5.26 Å². The quantitative estimate of drug-likeness (QED) is 0.416. The molecule has 1 aliphatic rings. The Bertz CT molecular complexity index is 1440. The van der Waals surface area contributed by atoms with Crippen LogP contribution in [0.2, 0.25) is 0 Å². The summed E-state index contributed by atoms with van der Waals surface area (Å²) in [5.74, 6) is 0.615. The maximum atomic E-state index is 14.3. The second kappa shape index (κ2) is 8.51. The number of halogens is 1. The van der Waals surface area contributed by atoms with Gasteiger partial charge < -0.3 is 10.3 Å². The first-order chi connectivity index (χ1) is 16.0. The molecule has 2 N–H and O–H groups in total. The van der Waals surface area contributed by atoms with Crippen molar-refractivity contribution in [2.24, 2.45) is 0 Å². The third-order valence-corrected chi connectivity index (χ3v) is 6.34. The van der Waals surface area contributed by atoms with Crippen molar-refractivity contribution in [1.29, 1.82) is 5.26 Å². The molecule has 0 saturated carbocycles. The number of nitrogens with one attached hydrogen (secondary N) is 2. The van der Waals surface area contributed by atoms with Crippen LogP contribution < -0.4 is 5.32 Å². The highest BCUT2D eigenvalue weighted by atomic mass is 19.1. The van der Waals surface area contributed by atoms with Gasteiger partial charge in [-0.1, -0.05) is 30.3 Å². The first-order valence-corrected chi connectivity index (χ1v) is 11.1. The number of hydrogen-bond donors (Lipinski definition) is 2. The van der Waals surface area contributed by atoms with Crippen molar-refractivity contribution < 1.29 is 4.39 Å². The van der Waals surface area contributed by atoms with E-state index >= 15 is 0 Å². The molecule has 164 valence electrons. The Hall–Kier alpha value is -3.98. The Balaban J connectivity index is 1.33. The summed E-state index contributed by atoms with van der Waals surface area (Å²) in [5.41, 5.74) is 9.08. The number of rotatable bonds is 6. The number of nitrogens with zero attached hydrogens (tertiary/aromatic N) is 3. The van der Waals surface area contributed by atoms with E-state index in [0.29, 0.717) is 18.5 Å². The van der Waals surface area contributed by atoms with E-state index in [1.807, 2.05) is 32.0 Å². The van der Waals surface area contributed by atoms with Crippen LogP contribution in [-0.4, -0.2) is 21.5 Å². The normalized spacial score (nSPS) is 12.5. The molecule has 6 heteroatoms. The third-order valence-electron chi connectivity index (χ3n) is 6.34. The zero-order valence-corrected chi connectivity index (χ0v) is 18.7. The lowest BCUT2D eigenvalue weighted by Crippen LogP contribution is -2.10. The van der Waals surface area contributed by atoms with Crippen LogP contribution in [0.15, 0.2) is 42.7 Å². The monoisotopic (exact) mass is 437 g/mol. The molecule has 0 spiro atoms. The van der Waals surface area contributed by atoms with Gasteiger partial charge in [-0.15, -0.1) is 0 Å². The number of fused-ring (bicyclic) bond motifs is 2. The minimum atomic E-state index is -0.219. The molecule has 33 heavy (non-hydrogen) atoms. The van der Waals surface area contributed by atoms with Crippen molar-refractivity contribution in [3.8, 4) is 6.07 Å². The van der Waals surface area contributed by atoms with Gasteiger partial charge in [0.25, 0.3) is 0 Å². The molecule has 0 saturated heterocycles. The van der Waals surface area contributed by atoms with E-state index in [9.17, 15) is 4.39 Å². The van der Waals surface area contributed by atoms with Gasteiger partial charge in [0.2, 0.25) is 0 Å². The largest absolute Gasteiger partial charge is 0.369 e. The molecule has 0 aliphatic heterocycles. The highest BCUT2D eigenvalue weighted by Crippen LogP contribution is 2.34. The summed E-state index contributed by atoms with van der Waals surface area (Å²) in [6.07, 6.45) is 5.58. The van der Waals surface area contributed by atoms with Crippen molar-refractivity contribution in [3.05, 3.63) is 87.7 Å². The smallest absolute Gasteiger partial charge is 0.147 e. The van der Waals surface area contributed by atoms with Gasteiger partial charge in [0.15, 0.2) is 0 Å². The van der Waals surface area contributed by atoms with Crippen LogP contribution in [0, 0.1) is 31.0 Å². The summed E-state index contributed by atoms with van der Waals surface area (Å²) in [7, 11) is 0. The van der Waals surface area contributed by atoms with E-state index in [2.05, 4.69) is 44.5 Å². The zero-order chi connectivity index (χ0) is 22.9. The van der Waals surface area contributed by atoms with Crippen LogP contribution in [0.1, 0.15) is 39.2 Å². The molecule has 0 bridgehead atoms. The van der Waals surface area contributed by atoms with Crippen molar-refractivity contribution in [2.45, 2.75) is 33.1 Å². The number of benzene rings is 2. The van der Waals surface area contributed by atoms with Crippen LogP contribution in [0.5, 0.6) is 0 Å². The SMILES string of the molecule is Cc1[nH]c2c(F)ccc(C)c2c1CCNc1ncnc2c1CC(c1cccc(CC#N)c1)=C2. The molecule has 4 aromatic rings. The van der Waals surface area contributed by atoms with Crippen LogP contribution in [0.3, 0.4) is 0 Å². The van der Waals surface area contributed by atoms with Gasteiger partial charge in [0.05, 0.1) is 23.7 Å². The summed E-state index contributed by atoms with van der Waals surface area (Å²) in [6, 6.07) is 13.7. The number of aromatic nitrogens is 3. The summed E-state index contributed by atoms with van der Waals surface area (Å²) in [6.45, 7) is 4.69. The predicted octanol–water partition coefficient (Wildman–Crippen LogP) is 5.53. The molecule has 0 unspecified atom stereocenters. The molecule has 1 aliphatic carbocycles. The van der Waals surface area contributed by atoms with Gasteiger partial charge in [0, 0.05) is 29.6 Å². The summed E-state index contributed by atoms with van der Waals surface area (Å²) < 4.78 is 14.3. The molecule has 2 heterocycles. The number of H-pyrrole nitrogens is 1. The Morgan fingerprint density at radius 1 is 1.18 bits per heavy atom. The minimum Gasteiger partial charge on any atom is -0.369 e. The lowest BCUT2D eigenvalue weighted by molar-refractivity contribution is 0.637. The fraction of sp³-hybridized carbons (Fsp3) is 0.222. The second-order valence-corrected chi connectivity index (χ2v) is 8.49. The Morgan fingerprint density at radius 2 is 2.06 bits per heavy atom. The summed E-state index contributed by atoms with van der Waals surface area (Å²) in [4.78, 5) is 12.2. The third kappa shape index (κ3) is 3.87. The molecule has 0 atom stereocenters. The average molecular weight is 438 g/mol. The summed E-state index contributed by atoms with van der Waals surface area (Å²) >= 11 is 0. The molecule has 5 rings (SSSR count). The van der Waals surface area contributed by atoms with Gasteiger partial charge in [-0.05, 0) is 60.2 Å². The number of hydrogen-bond acceptors (Lipinski definition) is 4. The fourth-order valence-electron chi connectivity index (χ4n) is 4.70. The van der Waals surface area contributed by atoms with Crippen LogP contribution in [-0.2, 0) is 19.3 Å². The second-order valence-electron chi connectivity index (χ2n) is 8.49. The van der Waals surface area contributed by atoms with Crippen molar-refractivity contribution >= 4 is 28.4 Å². The minimum absolute atomic E-state index is 0.219. The highest BCUT2D eigenvalue weighted by Gasteiger charge is 2.20. The molecular weight excluding hydrogens is 413 g/mol. The molecular formula is C27H24FN5. The lowest BCUT2D eigenvalue weighted by Gasteiger charge is -2.11. The van der Waals surface area contributed by atoms with Crippen LogP contribution in [0.25, 0.3) is 22.6 Å². The van der Waals surface area contributed by atoms with Gasteiger partial charge in [-0.25, -0.2) is 14.4 Å². The predicted molar refractivity (Wildman–Crippen MR) is 129 cm³/mol. The maximum absolute atomic E-state index is 14.3. The molecule has 0 radical (unpaired) electrons. The maximum Gasteiger partial charge on any atom is 0.147 e. The molecule has 0 amide bonds. The molecule has 2 aromatic carbocycles. The van der Waals surface area contributed by atoms with E-state index in [-0.39, 0.29) is 5.82 Å². The topological polar surface area (TPSA) is 77.4 Å². The van der Waals surface area contributed by atoms with Gasteiger partial charge in [0.1, 0.15) is 18.0 Å². The number of aromatic amines is 1. The zero-order valence-electron chi connectivity index (χ0n) is 18.7. The van der Waals surface area contributed by atoms with Gasteiger partial charge >= 0.3 is 0 Å². The van der Waals surface area contributed by atoms with Gasteiger partial charge in [-0.3, -0.25) is 0 Å². The molecule has 0 fully saturated rings. The Morgan fingerprint density at radius 3 is 2.91 bits per heavy atom. The van der Waals surface area contributed by atoms with Crippen molar-refractivity contribution in [2.75, 3.05) is 11.9 Å². The van der Waals surface area contributed by atoms with Crippen LogP contribution >= 0.6 is 0 Å². The number of allylic oxidation sites excluding steroid dienone is 1. The molecule has 5 nitrogen and oxygen atoms in total. The Labute approximate surface area is 192 Å².